The lowest BCUT2D eigenvalue weighted by Crippen LogP contribution is -2.40. The van der Waals surface area contributed by atoms with Crippen LogP contribution in [0.4, 0.5) is 5.69 Å². The Balaban J connectivity index is 2.01. The zero-order chi connectivity index (χ0) is 14.7. The van der Waals surface area contributed by atoms with Crippen LogP contribution in [0.5, 0.6) is 0 Å². The van der Waals surface area contributed by atoms with Gasteiger partial charge in [0.2, 0.25) is 5.91 Å². The highest BCUT2D eigenvalue weighted by molar-refractivity contribution is 6.42. The van der Waals surface area contributed by atoms with Crippen LogP contribution >= 0.6 is 34.8 Å². The number of anilines is 1. The van der Waals surface area contributed by atoms with Crippen LogP contribution in [0.25, 0.3) is 0 Å². The number of nitrogens with one attached hydrogen (secondary N) is 1. The van der Waals surface area contributed by atoms with Crippen LogP contribution in [0.15, 0.2) is 12.1 Å². The summed E-state index contributed by atoms with van der Waals surface area (Å²) in [6, 6.07) is 3.36. The summed E-state index contributed by atoms with van der Waals surface area (Å²) in [4.78, 5) is 14.2. The Kier molecular flexibility index (Phi) is 5.52. The molecule has 1 saturated heterocycles. The highest BCUT2D eigenvalue weighted by Crippen LogP contribution is 2.33. The van der Waals surface area contributed by atoms with Crippen molar-refractivity contribution in [3.8, 4) is 0 Å². The van der Waals surface area contributed by atoms with Gasteiger partial charge in [0.15, 0.2) is 0 Å². The molecule has 0 aromatic heterocycles. The van der Waals surface area contributed by atoms with Crippen molar-refractivity contribution in [2.75, 3.05) is 25.0 Å². The van der Waals surface area contributed by atoms with E-state index in [0.29, 0.717) is 27.3 Å². The van der Waals surface area contributed by atoms with E-state index in [1.165, 1.54) is 0 Å². The van der Waals surface area contributed by atoms with Gasteiger partial charge in [0.05, 0.1) is 22.3 Å². The molecule has 3 N–H and O–H groups in total. The van der Waals surface area contributed by atoms with E-state index in [2.05, 4.69) is 10.2 Å². The van der Waals surface area contributed by atoms with Crippen molar-refractivity contribution < 1.29 is 4.79 Å². The molecule has 0 bridgehead atoms. The molecule has 0 radical (unpaired) electrons. The van der Waals surface area contributed by atoms with Gasteiger partial charge in [0.1, 0.15) is 0 Å². The van der Waals surface area contributed by atoms with Crippen molar-refractivity contribution in [3.05, 3.63) is 27.2 Å². The van der Waals surface area contributed by atoms with E-state index in [-0.39, 0.29) is 18.5 Å². The third-order valence-electron chi connectivity index (χ3n) is 3.39. The van der Waals surface area contributed by atoms with E-state index in [9.17, 15) is 4.79 Å². The van der Waals surface area contributed by atoms with E-state index < -0.39 is 0 Å². The molecule has 1 amide bonds. The van der Waals surface area contributed by atoms with Crippen LogP contribution in [0.3, 0.4) is 0 Å². The summed E-state index contributed by atoms with van der Waals surface area (Å²) in [6.07, 6.45) is 2.10. The smallest absolute Gasteiger partial charge is 0.238 e. The fourth-order valence-corrected chi connectivity index (χ4v) is 3.31. The minimum Gasteiger partial charge on any atom is -0.329 e. The Labute approximate surface area is 133 Å². The van der Waals surface area contributed by atoms with Crippen LogP contribution in [0, 0.1) is 0 Å². The Morgan fingerprint density at radius 3 is 2.60 bits per heavy atom. The summed E-state index contributed by atoms with van der Waals surface area (Å²) in [6.45, 7) is 1.74. The number of nitrogens with two attached hydrogens (primary N) is 1. The van der Waals surface area contributed by atoms with Gasteiger partial charge < -0.3 is 11.1 Å². The van der Waals surface area contributed by atoms with Gasteiger partial charge in [-0.25, -0.2) is 0 Å². The third-order valence-corrected chi connectivity index (χ3v) is 4.20. The Morgan fingerprint density at radius 2 is 2.00 bits per heavy atom. The zero-order valence-corrected chi connectivity index (χ0v) is 13.1. The van der Waals surface area contributed by atoms with Crippen molar-refractivity contribution in [2.45, 2.75) is 18.9 Å². The minimum absolute atomic E-state index is 0.156. The molecule has 20 heavy (non-hydrogen) atoms. The van der Waals surface area contributed by atoms with Crippen molar-refractivity contribution in [1.82, 2.24) is 4.90 Å². The second-order valence-electron chi connectivity index (χ2n) is 4.79. The van der Waals surface area contributed by atoms with Crippen molar-refractivity contribution in [3.63, 3.8) is 0 Å². The summed E-state index contributed by atoms with van der Waals surface area (Å²) in [5.41, 5.74) is 6.08. The fourth-order valence-electron chi connectivity index (χ4n) is 2.40. The molecule has 1 fully saturated rings. The Bertz CT molecular complexity index is 487. The quantitative estimate of drug-likeness (QED) is 0.888. The van der Waals surface area contributed by atoms with Gasteiger partial charge in [-0.05, 0) is 31.5 Å². The molecule has 0 saturated carbocycles. The lowest BCUT2D eigenvalue weighted by Gasteiger charge is -2.22. The molecule has 2 rings (SSSR count). The number of hydrogen-bond acceptors (Lipinski definition) is 3. The van der Waals surface area contributed by atoms with Crippen molar-refractivity contribution in [2.24, 2.45) is 5.73 Å². The molecule has 1 aliphatic heterocycles. The highest BCUT2D eigenvalue weighted by atomic mass is 35.5. The maximum absolute atomic E-state index is 12.1. The van der Waals surface area contributed by atoms with Crippen LogP contribution in [0.2, 0.25) is 15.1 Å². The van der Waals surface area contributed by atoms with E-state index in [4.69, 9.17) is 40.5 Å². The number of hydrogen-bond donors (Lipinski definition) is 2. The molecule has 1 aliphatic rings. The Morgan fingerprint density at radius 1 is 1.35 bits per heavy atom. The number of nitrogens with zero attached hydrogens (tertiary/aromatic N) is 1. The lowest BCUT2D eigenvalue weighted by molar-refractivity contribution is -0.117. The van der Waals surface area contributed by atoms with E-state index >= 15 is 0 Å². The van der Waals surface area contributed by atoms with Crippen LogP contribution in [-0.2, 0) is 4.79 Å². The van der Waals surface area contributed by atoms with Gasteiger partial charge in [-0.15, -0.1) is 0 Å². The Hall–Kier alpha value is -0.520. The molecule has 0 aliphatic carbocycles. The van der Waals surface area contributed by atoms with Gasteiger partial charge in [-0.2, -0.15) is 0 Å². The minimum atomic E-state index is -0.156. The number of rotatable bonds is 4. The fraction of sp³-hybridized carbons (Fsp3) is 0.462. The second-order valence-corrected chi connectivity index (χ2v) is 6.05. The standard InChI is InChI=1S/C13H16Cl3N3O/c14-8-4-10(15)13(11(16)5-8)18-12(20)7-19-3-1-2-9(19)6-17/h4-5,9H,1-3,6-7,17H2,(H,18,20). The number of benzene rings is 1. The van der Waals surface area contributed by atoms with E-state index in [0.717, 1.165) is 19.4 Å². The monoisotopic (exact) mass is 335 g/mol. The molecular weight excluding hydrogens is 321 g/mol. The molecule has 1 aromatic carbocycles. The largest absolute Gasteiger partial charge is 0.329 e. The maximum atomic E-state index is 12.1. The van der Waals surface area contributed by atoms with Crippen LogP contribution in [-0.4, -0.2) is 36.5 Å². The first kappa shape index (κ1) is 15.9. The van der Waals surface area contributed by atoms with Gasteiger partial charge in [0.25, 0.3) is 0 Å². The summed E-state index contributed by atoms with van der Waals surface area (Å²) in [7, 11) is 0. The average molecular weight is 337 g/mol. The SMILES string of the molecule is NCC1CCCN1CC(=O)Nc1c(Cl)cc(Cl)cc1Cl. The molecule has 1 aromatic rings. The number of likely N-dealkylation sites (tertiary alicyclic amines) is 1. The van der Waals surface area contributed by atoms with E-state index in [1.807, 2.05) is 0 Å². The molecule has 7 heteroatoms. The van der Waals surface area contributed by atoms with Crippen molar-refractivity contribution >= 4 is 46.4 Å². The summed E-state index contributed by atoms with van der Waals surface area (Å²) >= 11 is 17.9. The van der Waals surface area contributed by atoms with Gasteiger partial charge in [-0.1, -0.05) is 34.8 Å². The summed E-state index contributed by atoms with van der Waals surface area (Å²) < 4.78 is 0. The van der Waals surface area contributed by atoms with E-state index in [1.54, 1.807) is 12.1 Å². The highest BCUT2D eigenvalue weighted by Gasteiger charge is 2.25. The molecule has 110 valence electrons. The van der Waals surface area contributed by atoms with Crippen LogP contribution in [0.1, 0.15) is 12.8 Å². The average Bonchev–Trinajstić information content (AvgIpc) is 2.81. The first-order chi connectivity index (χ1) is 9.51. The number of carbonyl (C=O) groups is 1. The maximum Gasteiger partial charge on any atom is 0.238 e. The molecule has 1 atom stereocenters. The van der Waals surface area contributed by atoms with Crippen LogP contribution < -0.4 is 11.1 Å². The molecular formula is C13H16Cl3N3O. The molecule has 1 heterocycles. The zero-order valence-electron chi connectivity index (χ0n) is 10.8. The number of carbonyl (C=O) groups excluding carboxylic acids is 1. The normalized spacial score (nSPS) is 19.3. The van der Waals surface area contributed by atoms with Gasteiger partial charge in [0, 0.05) is 17.6 Å². The summed E-state index contributed by atoms with van der Waals surface area (Å²) in [5.74, 6) is -0.156. The van der Waals surface area contributed by atoms with Crippen molar-refractivity contribution in [1.29, 1.82) is 0 Å². The first-order valence-electron chi connectivity index (χ1n) is 6.39. The summed E-state index contributed by atoms with van der Waals surface area (Å²) in [5, 5.41) is 3.82. The van der Waals surface area contributed by atoms with Gasteiger partial charge in [-0.3, -0.25) is 9.69 Å². The molecule has 0 spiro atoms. The molecule has 1 unspecified atom stereocenters. The topological polar surface area (TPSA) is 58.4 Å². The lowest BCUT2D eigenvalue weighted by atomic mass is 10.2. The predicted molar refractivity (Wildman–Crippen MR) is 83.8 cm³/mol. The second kappa shape index (κ2) is 6.96. The third kappa shape index (κ3) is 3.77. The van der Waals surface area contributed by atoms with Gasteiger partial charge >= 0.3 is 0 Å². The first-order valence-corrected chi connectivity index (χ1v) is 7.53. The number of halogens is 3. The number of amides is 1. The predicted octanol–water partition coefficient (Wildman–Crippen LogP) is 3.01. The molecule has 4 nitrogen and oxygen atoms in total.